The first-order valence-electron chi connectivity index (χ1n) is 11.1. The number of amides is 1. The Morgan fingerprint density at radius 3 is 2.30 bits per heavy atom. The average molecular weight is 507 g/mol. The number of anilines is 1. The van der Waals surface area contributed by atoms with Crippen molar-refractivity contribution in [1.82, 2.24) is 24.4 Å². The van der Waals surface area contributed by atoms with Crippen LogP contribution in [-0.2, 0) is 20.6 Å². The first-order chi connectivity index (χ1) is 17.7. The van der Waals surface area contributed by atoms with Crippen molar-refractivity contribution in [3.63, 3.8) is 0 Å². The molecule has 0 bridgehead atoms. The van der Waals surface area contributed by atoms with Crippen LogP contribution in [0.4, 0.5) is 5.82 Å². The topological polar surface area (TPSA) is 153 Å². The third-order valence-corrected chi connectivity index (χ3v) is 5.97. The number of fused-ring (bicyclic) bond motifs is 1. The molecule has 0 saturated heterocycles. The van der Waals surface area contributed by atoms with E-state index in [-0.39, 0.29) is 34.5 Å². The van der Waals surface area contributed by atoms with Gasteiger partial charge in [0.2, 0.25) is 5.75 Å². The molecule has 0 radical (unpaired) electrons. The summed E-state index contributed by atoms with van der Waals surface area (Å²) in [5.41, 5.74) is 6.36. The number of pyridine rings is 2. The molecule has 1 amide bonds. The zero-order chi connectivity index (χ0) is 26.9. The lowest BCUT2D eigenvalue weighted by atomic mass is 9.95. The number of rotatable bonds is 7. The number of aromatic nitrogens is 4. The lowest BCUT2D eigenvalue weighted by Crippen LogP contribution is -2.38. The van der Waals surface area contributed by atoms with E-state index in [0.29, 0.717) is 22.8 Å². The summed E-state index contributed by atoms with van der Waals surface area (Å²) >= 11 is 0. The average Bonchev–Trinajstić information content (AvgIpc) is 2.92. The lowest BCUT2D eigenvalue weighted by molar-refractivity contribution is 0.0952. The number of nitrogen functional groups attached to an aromatic ring is 1. The summed E-state index contributed by atoms with van der Waals surface area (Å²) in [7, 11) is 7.18. The van der Waals surface area contributed by atoms with Crippen molar-refractivity contribution in [2.75, 3.05) is 27.1 Å². The quantitative estimate of drug-likeness (QED) is 0.377. The van der Waals surface area contributed by atoms with Gasteiger partial charge in [-0.15, -0.1) is 0 Å². The second-order valence-corrected chi connectivity index (χ2v) is 8.11. The Balaban J connectivity index is 2.08. The standard InChI is InChI=1S/C25H26N6O6/c1-30-22-19(24(33)31(2)25(30)34)17(14-9-15(35-3)20(37-5)16(10-14)36-4)18(21(26)29-22)23(32)28-12-13-7-6-8-27-11-13/h6-11H,12H2,1-5H3,(H2,26,29)(H,28,32). The highest BCUT2D eigenvalue weighted by Gasteiger charge is 2.27. The number of nitrogens with two attached hydrogens (primary N) is 1. The molecular weight excluding hydrogens is 480 g/mol. The maximum atomic E-state index is 13.5. The van der Waals surface area contributed by atoms with E-state index in [9.17, 15) is 14.4 Å². The third kappa shape index (κ3) is 4.33. The summed E-state index contributed by atoms with van der Waals surface area (Å²) < 4.78 is 18.5. The van der Waals surface area contributed by atoms with Crippen molar-refractivity contribution < 1.29 is 19.0 Å². The summed E-state index contributed by atoms with van der Waals surface area (Å²) in [5.74, 6) is 0.175. The van der Waals surface area contributed by atoms with E-state index in [4.69, 9.17) is 19.9 Å². The predicted octanol–water partition coefficient (Wildman–Crippen LogP) is 1.23. The van der Waals surface area contributed by atoms with Crippen LogP contribution >= 0.6 is 0 Å². The molecule has 0 aliphatic rings. The number of carbonyl (C=O) groups excluding carboxylic acids is 1. The smallest absolute Gasteiger partial charge is 0.332 e. The van der Waals surface area contributed by atoms with Gasteiger partial charge < -0.3 is 25.3 Å². The molecule has 0 aliphatic carbocycles. The molecule has 3 heterocycles. The van der Waals surface area contributed by atoms with Crippen LogP contribution < -0.4 is 36.5 Å². The number of benzene rings is 1. The van der Waals surface area contributed by atoms with Gasteiger partial charge in [0.1, 0.15) is 5.82 Å². The molecular formula is C25H26N6O6. The zero-order valence-electron chi connectivity index (χ0n) is 21.0. The van der Waals surface area contributed by atoms with Crippen molar-refractivity contribution in [2.45, 2.75) is 6.54 Å². The fourth-order valence-corrected chi connectivity index (χ4v) is 4.12. The first kappa shape index (κ1) is 25.2. The fraction of sp³-hybridized carbons (Fsp3) is 0.240. The van der Waals surface area contributed by atoms with E-state index in [2.05, 4.69) is 15.3 Å². The molecule has 3 N–H and O–H groups in total. The number of aryl methyl sites for hydroxylation is 1. The molecule has 0 saturated carbocycles. The van der Waals surface area contributed by atoms with Crippen molar-refractivity contribution >= 4 is 22.8 Å². The van der Waals surface area contributed by atoms with E-state index >= 15 is 0 Å². The fourth-order valence-electron chi connectivity index (χ4n) is 4.12. The number of nitrogens with one attached hydrogen (secondary N) is 1. The maximum absolute atomic E-state index is 13.5. The normalized spacial score (nSPS) is 10.8. The van der Waals surface area contributed by atoms with Gasteiger partial charge in [0.15, 0.2) is 17.1 Å². The van der Waals surface area contributed by atoms with Gasteiger partial charge in [0.25, 0.3) is 11.5 Å². The highest BCUT2D eigenvalue weighted by atomic mass is 16.5. The number of hydrogen-bond acceptors (Lipinski definition) is 9. The van der Waals surface area contributed by atoms with Crippen LogP contribution in [0.25, 0.3) is 22.2 Å². The molecule has 0 atom stereocenters. The summed E-state index contributed by atoms with van der Waals surface area (Å²) in [6.45, 7) is 0.157. The number of carbonyl (C=O) groups is 1. The lowest BCUT2D eigenvalue weighted by Gasteiger charge is -2.19. The first-order valence-corrected chi connectivity index (χ1v) is 11.1. The Morgan fingerprint density at radius 1 is 1.05 bits per heavy atom. The highest BCUT2D eigenvalue weighted by Crippen LogP contribution is 2.43. The van der Waals surface area contributed by atoms with Crippen LogP contribution in [0.3, 0.4) is 0 Å². The number of nitrogens with zero attached hydrogens (tertiary/aromatic N) is 4. The predicted molar refractivity (Wildman–Crippen MR) is 137 cm³/mol. The minimum atomic E-state index is -0.643. The molecule has 0 fully saturated rings. The summed E-state index contributed by atoms with van der Waals surface area (Å²) in [5, 5.41) is 2.83. The second kappa shape index (κ2) is 10.0. The van der Waals surface area contributed by atoms with Gasteiger partial charge in [-0.1, -0.05) is 6.07 Å². The van der Waals surface area contributed by atoms with Gasteiger partial charge >= 0.3 is 5.69 Å². The SMILES string of the molecule is COc1cc(-c2c(C(=O)NCc3cccnc3)c(N)nc3c2c(=O)n(C)c(=O)n3C)cc(OC)c1OC. The van der Waals surface area contributed by atoms with E-state index in [1.165, 1.54) is 40.0 Å². The Bertz CT molecular complexity index is 1600. The van der Waals surface area contributed by atoms with Gasteiger partial charge in [-0.25, -0.2) is 9.78 Å². The zero-order valence-corrected chi connectivity index (χ0v) is 21.0. The van der Waals surface area contributed by atoms with Crippen LogP contribution in [0, 0.1) is 0 Å². The van der Waals surface area contributed by atoms with E-state index in [0.717, 1.165) is 10.1 Å². The summed E-state index contributed by atoms with van der Waals surface area (Å²) in [6, 6.07) is 6.75. The molecule has 37 heavy (non-hydrogen) atoms. The van der Waals surface area contributed by atoms with E-state index in [1.54, 1.807) is 36.7 Å². The highest BCUT2D eigenvalue weighted by molar-refractivity contribution is 6.11. The molecule has 4 aromatic rings. The van der Waals surface area contributed by atoms with Crippen LogP contribution in [0.2, 0.25) is 0 Å². The van der Waals surface area contributed by atoms with Crippen molar-refractivity contribution in [2.24, 2.45) is 14.1 Å². The Labute approximate surface area is 211 Å². The van der Waals surface area contributed by atoms with Crippen LogP contribution in [0.1, 0.15) is 15.9 Å². The monoisotopic (exact) mass is 506 g/mol. The van der Waals surface area contributed by atoms with Gasteiger partial charge in [-0.2, -0.15) is 0 Å². The Kier molecular flexibility index (Phi) is 6.83. The van der Waals surface area contributed by atoms with Gasteiger partial charge in [-0.3, -0.25) is 23.7 Å². The minimum absolute atomic E-state index is 0.0261. The molecule has 0 aliphatic heterocycles. The molecule has 4 rings (SSSR count). The van der Waals surface area contributed by atoms with Gasteiger partial charge in [0.05, 0.1) is 32.3 Å². The molecule has 1 aromatic carbocycles. The number of ether oxygens (including phenoxy) is 3. The largest absolute Gasteiger partial charge is 0.493 e. The number of hydrogen-bond donors (Lipinski definition) is 2. The molecule has 12 heteroatoms. The summed E-state index contributed by atoms with van der Waals surface area (Å²) in [6.07, 6.45) is 3.24. The van der Waals surface area contributed by atoms with Crippen LogP contribution in [0.15, 0.2) is 46.2 Å². The van der Waals surface area contributed by atoms with Crippen LogP contribution in [0.5, 0.6) is 17.2 Å². The summed E-state index contributed by atoms with van der Waals surface area (Å²) in [4.78, 5) is 47.9. The third-order valence-electron chi connectivity index (χ3n) is 5.97. The van der Waals surface area contributed by atoms with Crippen molar-refractivity contribution in [1.29, 1.82) is 0 Å². The molecule has 0 unspecified atom stereocenters. The minimum Gasteiger partial charge on any atom is -0.493 e. The molecule has 12 nitrogen and oxygen atoms in total. The van der Waals surface area contributed by atoms with Crippen molar-refractivity contribution in [3.05, 3.63) is 68.6 Å². The Hall–Kier alpha value is -4.87. The van der Waals surface area contributed by atoms with Crippen molar-refractivity contribution in [3.8, 4) is 28.4 Å². The van der Waals surface area contributed by atoms with E-state index in [1.807, 2.05) is 0 Å². The van der Waals surface area contributed by atoms with E-state index < -0.39 is 17.2 Å². The maximum Gasteiger partial charge on any atom is 0.332 e. The van der Waals surface area contributed by atoms with Gasteiger partial charge in [0, 0.05) is 38.6 Å². The van der Waals surface area contributed by atoms with Crippen LogP contribution in [-0.4, -0.2) is 46.3 Å². The Morgan fingerprint density at radius 2 is 1.73 bits per heavy atom. The molecule has 0 spiro atoms. The second-order valence-electron chi connectivity index (χ2n) is 8.11. The van der Waals surface area contributed by atoms with Gasteiger partial charge in [-0.05, 0) is 29.3 Å². The molecule has 3 aromatic heterocycles. The molecule has 192 valence electrons. The number of methoxy groups -OCH3 is 3.